The molecule has 0 unspecified atom stereocenters. The van der Waals surface area contributed by atoms with E-state index in [0.717, 1.165) is 43.3 Å². The van der Waals surface area contributed by atoms with Gasteiger partial charge in [0.05, 0.1) is 11.6 Å². The van der Waals surface area contributed by atoms with E-state index in [0.29, 0.717) is 36.0 Å². The summed E-state index contributed by atoms with van der Waals surface area (Å²) >= 11 is 0. The summed E-state index contributed by atoms with van der Waals surface area (Å²) in [5.74, 6) is 0.487. The minimum Gasteiger partial charge on any atom is -0.349 e. The van der Waals surface area contributed by atoms with Crippen molar-refractivity contribution >= 4 is 22.7 Å². The third-order valence-electron chi connectivity index (χ3n) is 7.14. The Labute approximate surface area is 169 Å². The maximum atomic E-state index is 14.1. The zero-order valence-electron chi connectivity index (χ0n) is 16.6. The minimum atomic E-state index is -0.363. The molecule has 0 aliphatic carbocycles. The number of hydrogen-bond acceptors (Lipinski definition) is 3. The smallest absolute Gasteiger partial charge is 0.268 e. The number of fused-ring (bicyclic) bond motifs is 5. The fourth-order valence-electron chi connectivity index (χ4n) is 5.73. The number of carbonyl (C=O) groups is 2. The molecular formula is C22H27FN4O2. The third kappa shape index (κ3) is 3.03. The molecule has 7 heteroatoms. The molecule has 3 fully saturated rings. The molecule has 4 atom stereocenters. The van der Waals surface area contributed by atoms with Crippen LogP contribution in [-0.4, -0.2) is 53.4 Å². The Kier molecular flexibility index (Phi) is 4.57. The van der Waals surface area contributed by atoms with Crippen LogP contribution in [0.1, 0.15) is 41.7 Å². The van der Waals surface area contributed by atoms with Crippen LogP contribution in [0.15, 0.2) is 18.2 Å². The van der Waals surface area contributed by atoms with Gasteiger partial charge in [-0.15, -0.1) is 0 Å². The molecule has 2 bridgehead atoms. The van der Waals surface area contributed by atoms with Crippen LogP contribution in [0.25, 0.3) is 10.9 Å². The number of nitrogens with zero attached hydrogens (tertiary/aromatic N) is 1. The normalized spacial score (nSPS) is 29.0. The van der Waals surface area contributed by atoms with Crippen LogP contribution < -0.4 is 10.6 Å². The number of aromatic amines is 1. The first-order chi connectivity index (χ1) is 14.0. The number of halogens is 1. The number of aryl methyl sites for hydroxylation is 1. The van der Waals surface area contributed by atoms with Crippen molar-refractivity contribution in [3.63, 3.8) is 0 Å². The van der Waals surface area contributed by atoms with Crippen LogP contribution in [0.4, 0.5) is 4.39 Å². The van der Waals surface area contributed by atoms with Gasteiger partial charge in [-0.05, 0) is 56.2 Å². The number of aromatic nitrogens is 1. The van der Waals surface area contributed by atoms with Crippen LogP contribution in [-0.2, 0) is 4.79 Å². The van der Waals surface area contributed by atoms with Crippen molar-refractivity contribution in [2.75, 3.05) is 19.6 Å². The van der Waals surface area contributed by atoms with E-state index in [1.165, 1.54) is 6.07 Å². The second-order valence-electron chi connectivity index (χ2n) is 8.74. The molecule has 154 valence electrons. The van der Waals surface area contributed by atoms with Gasteiger partial charge in [0.15, 0.2) is 0 Å². The van der Waals surface area contributed by atoms with Gasteiger partial charge >= 0.3 is 0 Å². The zero-order chi connectivity index (χ0) is 20.1. The van der Waals surface area contributed by atoms with Gasteiger partial charge in [0, 0.05) is 30.9 Å². The fourth-order valence-corrected chi connectivity index (χ4v) is 5.73. The summed E-state index contributed by atoms with van der Waals surface area (Å²) in [6.07, 6.45) is 3.72. The molecule has 4 heterocycles. The lowest BCUT2D eigenvalue weighted by Crippen LogP contribution is -2.66. The summed E-state index contributed by atoms with van der Waals surface area (Å²) in [5, 5.41) is 7.27. The number of piperidine rings is 3. The Hall–Kier alpha value is -2.41. The van der Waals surface area contributed by atoms with E-state index >= 15 is 0 Å². The molecule has 1 aromatic heterocycles. The predicted octanol–water partition coefficient (Wildman–Crippen LogP) is 2.33. The first-order valence-corrected chi connectivity index (χ1v) is 10.6. The van der Waals surface area contributed by atoms with Crippen molar-refractivity contribution in [2.24, 2.45) is 11.8 Å². The molecule has 2 amide bonds. The van der Waals surface area contributed by atoms with Crippen LogP contribution in [0.2, 0.25) is 0 Å². The van der Waals surface area contributed by atoms with Gasteiger partial charge in [-0.1, -0.05) is 12.1 Å². The fraction of sp³-hybridized carbons (Fsp3) is 0.545. The minimum absolute atomic E-state index is 0.0159. The van der Waals surface area contributed by atoms with Crippen LogP contribution >= 0.6 is 0 Å². The van der Waals surface area contributed by atoms with E-state index in [1.54, 1.807) is 6.07 Å². The molecule has 2 aromatic rings. The Balaban J connectivity index is 1.37. The first-order valence-electron chi connectivity index (χ1n) is 10.6. The third-order valence-corrected chi connectivity index (χ3v) is 7.14. The SMILES string of the molecule is Cc1c(C(=O)NC[C@H]2[C@@H]3CNC[C@@H](C3)[C@@H]3CCCC(=O)N32)[nH]c2c(F)cccc12. The monoisotopic (exact) mass is 398 g/mol. The topological polar surface area (TPSA) is 77.2 Å². The second kappa shape index (κ2) is 7.13. The lowest BCUT2D eigenvalue weighted by molar-refractivity contribution is -0.148. The molecule has 0 radical (unpaired) electrons. The van der Waals surface area contributed by atoms with Gasteiger partial charge < -0.3 is 20.5 Å². The number of amides is 2. The Morgan fingerprint density at radius 3 is 2.97 bits per heavy atom. The number of H-pyrrole nitrogens is 1. The van der Waals surface area contributed by atoms with E-state index in [2.05, 4.69) is 20.5 Å². The molecule has 29 heavy (non-hydrogen) atoms. The molecule has 0 saturated carbocycles. The average molecular weight is 398 g/mol. The van der Waals surface area contributed by atoms with Gasteiger partial charge in [-0.25, -0.2) is 4.39 Å². The highest BCUT2D eigenvalue weighted by Gasteiger charge is 2.47. The van der Waals surface area contributed by atoms with Crippen LogP contribution in [0, 0.1) is 24.6 Å². The van der Waals surface area contributed by atoms with E-state index in [9.17, 15) is 14.0 Å². The lowest BCUT2D eigenvalue weighted by Gasteiger charge is -2.54. The zero-order valence-corrected chi connectivity index (χ0v) is 16.6. The summed E-state index contributed by atoms with van der Waals surface area (Å²) in [5.41, 5.74) is 1.49. The summed E-state index contributed by atoms with van der Waals surface area (Å²) in [6, 6.07) is 5.15. The number of nitrogens with one attached hydrogen (secondary N) is 3. The molecule has 3 aliphatic heterocycles. The second-order valence-corrected chi connectivity index (χ2v) is 8.74. The highest BCUT2D eigenvalue weighted by atomic mass is 19.1. The van der Waals surface area contributed by atoms with Crippen LogP contribution in [0.5, 0.6) is 0 Å². The van der Waals surface area contributed by atoms with E-state index in [4.69, 9.17) is 0 Å². The van der Waals surface area contributed by atoms with Crippen molar-refractivity contribution in [1.82, 2.24) is 20.5 Å². The largest absolute Gasteiger partial charge is 0.349 e. The Bertz CT molecular complexity index is 971. The van der Waals surface area contributed by atoms with Gasteiger partial charge in [0.1, 0.15) is 11.5 Å². The summed E-state index contributed by atoms with van der Waals surface area (Å²) in [7, 11) is 0. The number of hydrogen-bond donors (Lipinski definition) is 3. The van der Waals surface area contributed by atoms with E-state index in [1.807, 2.05) is 13.0 Å². The average Bonchev–Trinajstić information content (AvgIpc) is 3.07. The molecule has 5 rings (SSSR count). The molecule has 3 N–H and O–H groups in total. The standard InChI is InChI=1S/C22H27FN4O2/c1-12-15-4-2-5-16(23)21(15)26-20(12)22(29)25-11-18-14-8-13(9-24-10-14)17-6-3-7-19(28)27(17)18/h2,4-5,13-14,17-18,24,26H,3,6-11H2,1H3,(H,25,29)/t13-,14+,17+,18+/m1/s1. The van der Waals surface area contributed by atoms with Crippen molar-refractivity contribution in [2.45, 2.75) is 44.7 Å². The molecule has 6 nitrogen and oxygen atoms in total. The Morgan fingerprint density at radius 2 is 2.14 bits per heavy atom. The highest BCUT2D eigenvalue weighted by Crippen LogP contribution is 2.39. The molecule has 1 aromatic carbocycles. The summed E-state index contributed by atoms with van der Waals surface area (Å²) in [6.45, 7) is 4.11. The molecule has 3 aliphatic rings. The van der Waals surface area contributed by atoms with Crippen LogP contribution in [0.3, 0.4) is 0 Å². The number of benzene rings is 1. The molecule has 0 spiro atoms. The van der Waals surface area contributed by atoms with Crippen molar-refractivity contribution in [3.05, 3.63) is 35.3 Å². The van der Waals surface area contributed by atoms with Gasteiger partial charge in [-0.2, -0.15) is 0 Å². The lowest BCUT2D eigenvalue weighted by atomic mass is 9.72. The predicted molar refractivity (Wildman–Crippen MR) is 108 cm³/mol. The van der Waals surface area contributed by atoms with Gasteiger partial charge in [-0.3, -0.25) is 9.59 Å². The van der Waals surface area contributed by atoms with Crippen molar-refractivity contribution < 1.29 is 14.0 Å². The maximum absolute atomic E-state index is 14.1. The van der Waals surface area contributed by atoms with E-state index in [-0.39, 0.29) is 29.7 Å². The van der Waals surface area contributed by atoms with Gasteiger partial charge in [0.25, 0.3) is 5.91 Å². The molecular weight excluding hydrogens is 371 g/mol. The number of carbonyl (C=O) groups excluding carboxylic acids is 2. The van der Waals surface area contributed by atoms with E-state index < -0.39 is 0 Å². The quantitative estimate of drug-likeness (QED) is 0.743. The van der Waals surface area contributed by atoms with Crippen molar-refractivity contribution in [1.29, 1.82) is 0 Å². The highest BCUT2D eigenvalue weighted by molar-refractivity contribution is 6.01. The maximum Gasteiger partial charge on any atom is 0.268 e. The molecule has 3 saturated heterocycles. The van der Waals surface area contributed by atoms with Crippen molar-refractivity contribution in [3.8, 4) is 0 Å². The summed E-state index contributed by atoms with van der Waals surface area (Å²) in [4.78, 5) is 30.7. The number of para-hydroxylation sites is 1. The first kappa shape index (κ1) is 18.6. The summed E-state index contributed by atoms with van der Waals surface area (Å²) < 4.78 is 14.1. The van der Waals surface area contributed by atoms with Gasteiger partial charge in [0.2, 0.25) is 5.91 Å². The number of rotatable bonds is 3. The Morgan fingerprint density at radius 1 is 1.31 bits per heavy atom.